The number of carbonyl (C=O) groups excluding carboxylic acids is 2. The minimum absolute atomic E-state index is 0.0593. The van der Waals surface area contributed by atoms with E-state index in [-0.39, 0.29) is 24.7 Å². The Balaban J connectivity index is 2.23. The van der Waals surface area contributed by atoms with Crippen LogP contribution in [0, 0.1) is 0 Å². The van der Waals surface area contributed by atoms with Gasteiger partial charge in [0.15, 0.2) is 0 Å². The van der Waals surface area contributed by atoms with Crippen molar-refractivity contribution in [3.8, 4) is 0 Å². The first-order chi connectivity index (χ1) is 9.50. The van der Waals surface area contributed by atoms with Crippen LogP contribution in [0.25, 0.3) is 0 Å². The number of benzene rings is 1. The number of hydrazine groups is 1. The first-order valence-corrected chi connectivity index (χ1v) is 6.66. The number of primary amides is 1. The summed E-state index contributed by atoms with van der Waals surface area (Å²) in [7, 11) is 0. The van der Waals surface area contributed by atoms with Gasteiger partial charge in [0.2, 0.25) is 11.8 Å². The molecule has 1 heterocycles. The highest BCUT2D eigenvalue weighted by Crippen LogP contribution is 2.29. The quantitative estimate of drug-likeness (QED) is 0.837. The van der Waals surface area contributed by atoms with Crippen molar-refractivity contribution in [3.05, 3.63) is 30.3 Å². The monoisotopic (exact) mass is 276 g/mol. The second kappa shape index (κ2) is 5.92. The van der Waals surface area contributed by atoms with Gasteiger partial charge in [0.05, 0.1) is 18.3 Å². The summed E-state index contributed by atoms with van der Waals surface area (Å²) < 4.78 is 0. The van der Waals surface area contributed by atoms with Crippen molar-refractivity contribution >= 4 is 17.5 Å². The number of carbonyl (C=O) groups is 2. The van der Waals surface area contributed by atoms with Gasteiger partial charge in [0.25, 0.3) is 0 Å². The third-order valence-electron chi connectivity index (χ3n) is 3.36. The molecule has 1 saturated heterocycles. The van der Waals surface area contributed by atoms with Crippen LogP contribution in [-0.4, -0.2) is 35.6 Å². The van der Waals surface area contributed by atoms with E-state index < -0.39 is 5.91 Å². The number of anilines is 1. The molecule has 1 aromatic carbocycles. The van der Waals surface area contributed by atoms with Crippen LogP contribution in [0.2, 0.25) is 0 Å². The average molecular weight is 276 g/mol. The molecular weight excluding hydrogens is 256 g/mol. The zero-order chi connectivity index (χ0) is 14.7. The lowest BCUT2D eigenvalue weighted by atomic mass is 10.2. The van der Waals surface area contributed by atoms with Gasteiger partial charge >= 0.3 is 0 Å². The van der Waals surface area contributed by atoms with Gasteiger partial charge in [-0.1, -0.05) is 18.2 Å². The van der Waals surface area contributed by atoms with Crippen LogP contribution in [0.5, 0.6) is 0 Å². The topological polar surface area (TPSA) is 78.7 Å². The van der Waals surface area contributed by atoms with E-state index in [1.54, 1.807) is 5.01 Å². The number of hydrogen-bond donors (Lipinski definition) is 2. The molecule has 20 heavy (non-hydrogen) atoms. The highest BCUT2D eigenvalue weighted by atomic mass is 16.2. The molecular formula is C14H20N4O2. The number of nitrogens with two attached hydrogens (primary N) is 1. The molecule has 0 aliphatic carbocycles. The lowest BCUT2D eigenvalue weighted by molar-refractivity contribution is -0.131. The summed E-state index contributed by atoms with van der Waals surface area (Å²) in [5.74, 6) is -0.500. The molecule has 0 saturated carbocycles. The van der Waals surface area contributed by atoms with Crippen molar-refractivity contribution in [2.24, 2.45) is 5.73 Å². The molecule has 0 radical (unpaired) electrons. The molecule has 1 fully saturated rings. The van der Waals surface area contributed by atoms with E-state index in [1.165, 1.54) is 6.92 Å². The average Bonchev–Trinajstić information content (AvgIpc) is 2.74. The highest BCUT2D eigenvalue weighted by Gasteiger charge is 2.38. The van der Waals surface area contributed by atoms with Crippen LogP contribution in [-0.2, 0) is 9.59 Å². The predicted molar refractivity (Wildman–Crippen MR) is 76.5 cm³/mol. The Hall–Kier alpha value is -2.08. The first-order valence-electron chi connectivity index (χ1n) is 6.66. The maximum absolute atomic E-state index is 12.0. The molecule has 1 aliphatic rings. The van der Waals surface area contributed by atoms with Gasteiger partial charge in [-0.05, 0) is 19.1 Å². The van der Waals surface area contributed by atoms with Gasteiger partial charge in [0, 0.05) is 13.3 Å². The van der Waals surface area contributed by atoms with Crippen LogP contribution in [0.15, 0.2) is 30.3 Å². The molecule has 2 rings (SSSR count). The Kier molecular flexibility index (Phi) is 4.24. The smallest absolute Gasteiger partial charge is 0.239 e. The van der Waals surface area contributed by atoms with Crippen LogP contribution in [0.4, 0.5) is 5.69 Å². The summed E-state index contributed by atoms with van der Waals surface area (Å²) >= 11 is 0. The SMILES string of the molecule is CC(=O)N1[C@@H](NCC(N)=O)C[C@H](C)N1c1ccccc1. The van der Waals surface area contributed by atoms with Gasteiger partial charge < -0.3 is 5.73 Å². The van der Waals surface area contributed by atoms with E-state index in [9.17, 15) is 9.59 Å². The molecule has 3 N–H and O–H groups in total. The summed E-state index contributed by atoms with van der Waals surface area (Å²) in [5, 5.41) is 6.65. The van der Waals surface area contributed by atoms with Gasteiger partial charge in [-0.15, -0.1) is 0 Å². The van der Waals surface area contributed by atoms with E-state index in [4.69, 9.17) is 5.73 Å². The molecule has 1 aliphatic heterocycles. The molecule has 1 aromatic rings. The standard InChI is InChI=1S/C14H20N4O2/c1-10-8-14(16-9-13(15)20)18(11(2)19)17(10)12-6-4-3-5-7-12/h3-7,10,14,16H,8-9H2,1-2H3,(H2,15,20)/t10-,14+/m0/s1. The number of nitrogens with zero attached hydrogens (tertiary/aromatic N) is 2. The van der Waals surface area contributed by atoms with Crippen molar-refractivity contribution in [1.29, 1.82) is 0 Å². The molecule has 0 aromatic heterocycles. The number of amides is 2. The summed E-state index contributed by atoms with van der Waals surface area (Å²) in [4.78, 5) is 22.9. The van der Waals surface area contributed by atoms with E-state index >= 15 is 0 Å². The second-order valence-corrected chi connectivity index (χ2v) is 4.99. The molecule has 108 valence electrons. The number of rotatable bonds is 4. The van der Waals surface area contributed by atoms with Crippen molar-refractivity contribution < 1.29 is 9.59 Å². The maximum Gasteiger partial charge on any atom is 0.239 e. The van der Waals surface area contributed by atoms with Crippen LogP contribution >= 0.6 is 0 Å². The van der Waals surface area contributed by atoms with Crippen LogP contribution in [0.3, 0.4) is 0 Å². The number of para-hydroxylation sites is 1. The normalized spacial score (nSPS) is 22.1. The minimum Gasteiger partial charge on any atom is -0.369 e. The number of hydrogen-bond acceptors (Lipinski definition) is 4. The van der Waals surface area contributed by atoms with Crippen LogP contribution in [0.1, 0.15) is 20.3 Å². The largest absolute Gasteiger partial charge is 0.369 e. The molecule has 0 unspecified atom stereocenters. The van der Waals surface area contributed by atoms with Gasteiger partial charge in [-0.2, -0.15) is 0 Å². The Morgan fingerprint density at radius 1 is 1.35 bits per heavy atom. The Morgan fingerprint density at radius 2 is 2.00 bits per heavy atom. The molecule has 0 spiro atoms. The lowest BCUT2D eigenvalue weighted by Crippen LogP contribution is -2.52. The van der Waals surface area contributed by atoms with E-state index in [2.05, 4.69) is 12.2 Å². The lowest BCUT2D eigenvalue weighted by Gasteiger charge is -2.34. The molecule has 2 atom stereocenters. The maximum atomic E-state index is 12.0. The molecule has 0 bridgehead atoms. The predicted octanol–water partition coefficient (Wildman–Crippen LogP) is 0.450. The first kappa shape index (κ1) is 14.3. The fraction of sp³-hybridized carbons (Fsp3) is 0.429. The van der Waals surface area contributed by atoms with Gasteiger partial charge in [0.1, 0.15) is 6.17 Å². The van der Waals surface area contributed by atoms with E-state index in [1.807, 2.05) is 35.3 Å². The zero-order valence-electron chi connectivity index (χ0n) is 11.7. The fourth-order valence-electron chi connectivity index (χ4n) is 2.60. The number of nitrogens with one attached hydrogen (secondary N) is 1. The molecule has 2 amide bonds. The summed E-state index contributed by atoms with van der Waals surface area (Å²) in [5.41, 5.74) is 6.11. The second-order valence-electron chi connectivity index (χ2n) is 4.99. The molecule has 6 heteroatoms. The van der Waals surface area contributed by atoms with E-state index in [0.717, 1.165) is 12.1 Å². The highest BCUT2D eigenvalue weighted by molar-refractivity contribution is 5.78. The Bertz CT molecular complexity index is 491. The summed E-state index contributed by atoms with van der Waals surface area (Å²) in [6.07, 6.45) is 0.525. The molecule has 6 nitrogen and oxygen atoms in total. The third-order valence-corrected chi connectivity index (χ3v) is 3.36. The van der Waals surface area contributed by atoms with Crippen LogP contribution < -0.4 is 16.1 Å². The van der Waals surface area contributed by atoms with Gasteiger partial charge in [-0.3, -0.25) is 19.9 Å². The van der Waals surface area contributed by atoms with Crippen molar-refractivity contribution in [3.63, 3.8) is 0 Å². The third kappa shape index (κ3) is 2.91. The zero-order valence-corrected chi connectivity index (χ0v) is 11.7. The van der Waals surface area contributed by atoms with Crippen molar-refractivity contribution in [2.75, 3.05) is 11.6 Å². The van der Waals surface area contributed by atoms with Crippen molar-refractivity contribution in [2.45, 2.75) is 32.5 Å². The Labute approximate surface area is 118 Å². The van der Waals surface area contributed by atoms with Gasteiger partial charge in [-0.25, -0.2) is 5.01 Å². The summed E-state index contributed by atoms with van der Waals surface area (Å²) in [6.45, 7) is 3.63. The minimum atomic E-state index is -0.431. The van der Waals surface area contributed by atoms with Crippen molar-refractivity contribution in [1.82, 2.24) is 10.3 Å². The van der Waals surface area contributed by atoms with E-state index in [0.29, 0.717) is 0 Å². The fourth-order valence-corrected chi connectivity index (χ4v) is 2.60. The summed E-state index contributed by atoms with van der Waals surface area (Å²) in [6, 6.07) is 9.89. The Morgan fingerprint density at radius 3 is 2.55 bits per heavy atom.